The minimum Gasteiger partial charge on any atom is -0.485 e. The maximum absolute atomic E-state index is 13.3. The molecule has 0 amide bonds. The van der Waals surface area contributed by atoms with Crippen molar-refractivity contribution in [2.45, 2.75) is 19.4 Å². The Balaban J connectivity index is 2.91. The molecule has 0 heterocycles. The van der Waals surface area contributed by atoms with Crippen LogP contribution in [-0.2, 0) is 0 Å². The Morgan fingerprint density at radius 2 is 1.55 bits per heavy atom. The van der Waals surface area contributed by atoms with Gasteiger partial charge in [-0.25, -0.2) is 13.2 Å². The van der Waals surface area contributed by atoms with Gasteiger partial charge in [0.1, 0.15) is 12.6 Å². The molecule has 20 heavy (non-hydrogen) atoms. The third-order valence-corrected chi connectivity index (χ3v) is 2.36. The van der Waals surface area contributed by atoms with Gasteiger partial charge in [0.15, 0.2) is 5.75 Å². The molecule has 0 spiro atoms. The van der Waals surface area contributed by atoms with Crippen LogP contribution >= 0.6 is 0 Å². The molecule has 1 aromatic carbocycles. The topological polar surface area (TPSA) is 45.0 Å². The third-order valence-electron chi connectivity index (χ3n) is 2.36. The van der Waals surface area contributed by atoms with Crippen LogP contribution in [0.3, 0.4) is 0 Å². The molecule has 0 aromatic heterocycles. The molecule has 110 valence electrons. The Hall–Kier alpha value is -1.88. The van der Waals surface area contributed by atoms with Crippen molar-refractivity contribution in [1.82, 2.24) is 5.32 Å². The fourth-order valence-corrected chi connectivity index (χ4v) is 1.34. The first kappa shape index (κ1) is 16.2. The lowest BCUT2D eigenvalue weighted by Gasteiger charge is -2.14. The van der Waals surface area contributed by atoms with Crippen molar-refractivity contribution in [3.05, 3.63) is 29.1 Å². The lowest BCUT2D eigenvalue weighted by atomic mass is 10.2. The Morgan fingerprint density at radius 1 is 1.05 bits per heavy atom. The van der Waals surface area contributed by atoms with E-state index < -0.39 is 47.5 Å². The summed E-state index contributed by atoms with van der Waals surface area (Å²) in [6.45, 7) is 1.72. The van der Waals surface area contributed by atoms with Crippen molar-refractivity contribution in [3.8, 4) is 11.8 Å². The van der Waals surface area contributed by atoms with Crippen molar-refractivity contribution in [3.63, 3.8) is 0 Å². The number of hydrogen-bond donors (Lipinski definition) is 1. The van der Waals surface area contributed by atoms with Crippen molar-refractivity contribution in [1.29, 1.82) is 5.26 Å². The van der Waals surface area contributed by atoms with Crippen LogP contribution in [0.15, 0.2) is 0 Å². The van der Waals surface area contributed by atoms with Crippen LogP contribution in [0, 0.1) is 40.4 Å². The van der Waals surface area contributed by atoms with E-state index in [9.17, 15) is 22.0 Å². The molecule has 0 radical (unpaired) electrons. The summed E-state index contributed by atoms with van der Waals surface area (Å²) in [7, 11) is 0. The van der Waals surface area contributed by atoms with Gasteiger partial charge >= 0.3 is 0 Å². The maximum atomic E-state index is 13.3. The van der Waals surface area contributed by atoms with Gasteiger partial charge in [-0.15, -0.1) is 0 Å². The molecule has 3 nitrogen and oxygen atoms in total. The van der Waals surface area contributed by atoms with Gasteiger partial charge in [-0.3, -0.25) is 5.32 Å². The number of nitrogens with zero attached hydrogens (tertiary/aromatic N) is 1. The molecule has 0 aliphatic heterocycles. The largest absolute Gasteiger partial charge is 0.485 e. The first-order valence-electron chi connectivity index (χ1n) is 5.71. The molecule has 1 aromatic rings. The highest BCUT2D eigenvalue weighted by Gasteiger charge is 2.27. The van der Waals surface area contributed by atoms with Gasteiger partial charge in [0.25, 0.3) is 0 Å². The summed E-state index contributed by atoms with van der Waals surface area (Å²) >= 11 is 0. The fourth-order valence-electron chi connectivity index (χ4n) is 1.34. The predicted octanol–water partition coefficient (Wildman–Crippen LogP) is 2.65. The average molecular weight is 294 g/mol. The van der Waals surface area contributed by atoms with Crippen LogP contribution in [-0.4, -0.2) is 19.2 Å². The average Bonchev–Trinajstić information content (AvgIpc) is 2.46. The van der Waals surface area contributed by atoms with Gasteiger partial charge < -0.3 is 4.74 Å². The number of nitriles is 1. The Kier molecular flexibility index (Phi) is 5.70. The highest BCUT2D eigenvalue weighted by molar-refractivity contribution is 5.29. The third kappa shape index (κ3) is 3.36. The minimum atomic E-state index is -2.26. The fraction of sp³-hybridized carbons (Fsp3) is 0.417. The number of benzene rings is 1. The Labute approximate surface area is 112 Å². The molecule has 0 saturated carbocycles. The second-order valence-corrected chi connectivity index (χ2v) is 3.85. The number of ether oxygens (including phenoxy) is 1. The molecule has 1 N–H and O–H groups in total. The minimum absolute atomic E-state index is 0.443. The summed E-state index contributed by atoms with van der Waals surface area (Å²) < 4.78 is 69.6. The predicted molar refractivity (Wildman–Crippen MR) is 59.4 cm³/mol. The van der Waals surface area contributed by atoms with Crippen LogP contribution in [0.2, 0.25) is 0 Å². The van der Waals surface area contributed by atoms with Crippen molar-refractivity contribution in [2.24, 2.45) is 0 Å². The van der Waals surface area contributed by atoms with Gasteiger partial charge in [0.2, 0.25) is 29.1 Å². The monoisotopic (exact) mass is 294 g/mol. The van der Waals surface area contributed by atoms with Crippen molar-refractivity contribution >= 4 is 0 Å². The SMILES string of the molecule is CCCNC(C#N)COc1c(F)c(F)c(F)c(F)c1F. The molecule has 0 fully saturated rings. The first-order chi connectivity index (χ1) is 9.43. The second kappa shape index (κ2) is 7.05. The van der Waals surface area contributed by atoms with E-state index in [1.165, 1.54) is 0 Å². The van der Waals surface area contributed by atoms with Crippen LogP contribution in [0.5, 0.6) is 5.75 Å². The van der Waals surface area contributed by atoms with Crippen molar-refractivity contribution in [2.75, 3.05) is 13.2 Å². The molecule has 0 aliphatic rings. The van der Waals surface area contributed by atoms with E-state index in [1.54, 1.807) is 6.07 Å². The summed E-state index contributed by atoms with van der Waals surface area (Å²) in [6, 6.07) is 0.818. The number of rotatable bonds is 6. The zero-order valence-electron chi connectivity index (χ0n) is 10.4. The van der Waals surface area contributed by atoms with Gasteiger partial charge in [-0.05, 0) is 13.0 Å². The Bertz CT molecular complexity index is 501. The van der Waals surface area contributed by atoms with E-state index in [1.807, 2.05) is 6.92 Å². The van der Waals surface area contributed by atoms with E-state index in [-0.39, 0.29) is 0 Å². The van der Waals surface area contributed by atoms with Gasteiger partial charge in [0, 0.05) is 0 Å². The van der Waals surface area contributed by atoms with Crippen LogP contribution < -0.4 is 10.1 Å². The lowest BCUT2D eigenvalue weighted by molar-refractivity contribution is 0.246. The highest BCUT2D eigenvalue weighted by Crippen LogP contribution is 2.29. The highest BCUT2D eigenvalue weighted by atomic mass is 19.2. The number of hydrogen-bond acceptors (Lipinski definition) is 3. The first-order valence-corrected chi connectivity index (χ1v) is 5.71. The van der Waals surface area contributed by atoms with Crippen LogP contribution in [0.25, 0.3) is 0 Å². The summed E-state index contributed by atoms with van der Waals surface area (Å²) in [5.41, 5.74) is 0. The quantitative estimate of drug-likeness (QED) is 0.498. The van der Waals surface area contributed by atoms with E-state index >= 15 is 0 Å². The van der Waals surface area contributed by atoms with Gasteiger partial charge in [-0.1, -0.05) is 6.92 Å². The molecule has 0 saturated heterocycles. The number of nitrogens with one attached hydrogen (secondary N) is 1. The van der Waals surface area contributed by atoms with E-state index in [0.717, 1.165) is 0 Å². The molecular weight excluding hydrogens is 283 g/mol. The molecule has 1 atom stereocenters. The normalized spacial score (nSPS) is 12.1. The summed E-state index contributed by atoms with van der Waals surface area (Å²) in [4.78, 5) is 0. The second-order valence-electron chi connectivity index (χ2n) is 3.85. The number of halogens is 5. The molecule has 1 rings (SSSR count). The lowest BCUT2D eigenvalue weighted by Crippen LogP contribution is -2.34. The summed E-state index contributed by atoms with van der Waals surface area (Å²) in [6.07, 6.45) is 0.695. The Morgan fingerprint density at radius 3 is 2.00 bits per heavy atom. The van der Waals surface area contributed by atoms with Gasteiger partial charge in [-0.2, -0.15) is 14.0 Å². The smallest absolute Gasteiger partial charge is 0.206 e. The molecule has 8 heteroatoms. The van der Waals surface area contributed by atoms with Crippen LogP contribution in [0.4, 0.5) is 22.0 Å². The standard InChI is InChI=1S/C12H11F5N2O/c1-2-3-19-6(4-18)5-20-12-10(16)8(14)7(13)9(15)11(12)17/h6,19H,2-3,5H2,1H3. The van der Waals surface area contributed by atoms with E-state index in [2.05, 4.69) is 10.1 Å². The molecule has 1 unspecified atom stereocenters. The zero-order valence-corrected chi connectivity index (χ0v) is 10.4. The van der Waals surface area contributed by atoms with Crippen LogP contribution in [0.1, 0.15) is 13.3 Å². The van der Waals surface area contributed by atoms with Crippen molar-refractivity contribution < 1.29 is 26.7 Å². The molecular formula is C12H11F5N2O. The van der Waals surface area contributed by atoms with E-state index in [0.29, 0.717) is 13.0 Å². The van der Waals surface area contributed by atoms with Gasteiger partial charge in [0.05, 0.1) is 6.07 Å². The van der Waals surface area contributed by atoms with E-state index in [4.69, 9.17) is 5.26 Å². The zero-order chi connectivity index (χ0) is 15.3. The summed E-state index contributed by atoms with van der Waals surface area (Å²) in [5.74, 6) is -11.9. The maximum Gasteiger partial charge on any atom is 0.206 e. The molecule has 0 bridgehead atoms. The molecule has 0 aliphatic carbocycles. The summed E-state index contributed by atoms with van der Waals surface area (Å²) in [5, 5.41) is 11.4.